The zero-order chi connectivity index (χ0) is 19.6. The Morgan fingerprint density at radius 2 is 2.04 bits per heavy atom. The van der Waals surface area contributed by atoms with Gasteiger partial charge in [0.05, 0.1) is 0 Å². The van der Waals surface area contributed by atoms with Gasteiger partial charge in [-0.05, 0) is 37.5 Å². The van der Waals surface area contributed by atoms with Gasteiger partial charge in [0.25, 0.3) is 5.79 Å². The topological polar surface area (TPSA) is 94.8 Å². The van der Waals surface area contributed by atoms with E-state index in [0.29, 0.717) is 18.8 Å². The number of unbranched alkanes of at least 4 members (excludes halogenated alkanes) is 1. The molecule has 26 heavy (non-hydrogen) atoms. The summed E-state index contributed by atoms with van der Waals surface area (Å²) in [5.41, 5.74) is 0. The molecule has 3 atom stereocenters. The maximum absolute atomic E-state index is 12.1. The van der Waals surface area contributed by atoms with Gasteiger partial charge < -0.3 is 15.3 Å². The summed E-state index contributed by atoms with van der Waals surface area (Å²) in [5, 5.41) is 27.1. The van der Waals surface area contributed by atoms with E-state index in [4.69, 9.17) is 5.11 Å². The van der Waals surface area contributed by atoms with Crippen LogP contribution in [0.5, 0.6) is 0 Å². The molecule has 0 aromatic heterocycles. The number of carboxylic acids is 1. The highest BCUT2D eigenvalue weighted by Gasteiger charge is 2.33. The number of Topliss-reactive ketones (excluding diaryl/α,β-unsaturated/α-hetero) is 1. The van der Waals surface area contributed by atoms with Crippen LogP contribution in [0.1, 0.15) is 71.6 Å². The zero-order valence-electron chi connectivity index (χ0n) is 16.1. The maximum Gasteiger partial charge on any atom is 0.364 e. The van der Waals surface area contributed by atoms with Crippen molar-refractivity contribution >= 4 is 11.8 Å². The van der Waals surface area contributed by atoms with Gasteiger partial charge in [-0.1, -0.05) is 57.4 Å². The van der Waals surface area contributed by atoms with Crippen molar-refractivity contribution < 1.29 is 24.9 Å². The number of hydrogen-bond donors (Lipinski definition) is 3. The SMILES string of the molecule is CCCCC(C)C/C=C/[C@H]1CCC(=O)[C@@H]1C/C=C\CCC(O)(O)C(=O)O. The van der Waals surface area contributed by atoms with E-state index in [9.17, 15) is 19.8 Å². The molecule has 1 fully saturated rings. The Kier molecular flexibility index (Phi) is 9.81. The quantitative estimate of drug-likeness (QED) is 0.360. The number of allylic oxidation sites excluding steroid dienone is 4. The van der Waals surface area contributed by atoms with Crippen LogP contribution in [0, 0.1) is 17.8 Å². The first-order valence-electron chi connectivity index (χ1n) is 9.80. The van der Waals surface area contributed by atoms with Gasteiger partial charge in [0.15, 0.2) is 0 Å². The Labute approximate surface area is 156 Å². The Morgan fingerprint density at radius 3 is 2.69 bits per heavy atom. The minimum absolute atomic E-state index is 0.0130. The number of aliphatic hydroxyl groups is 2. The number of hydrogen-bond acceptors (Lipinski definition) is 4. The maximum atomic E-state index is 12.1. The van der Waals surface area contributed by atoms with Crippen LogP contribution in [0.3, 0.4) is 0 Å². The van der Waals surface area contributed by atoms with E-state index in [2.05, 4.69) is 26.0 Å². The molecule has 1 aliphatic rings. The third kappa shape index (κ3) is 7.83. The minimum atomic E-state index is -2.69. The summed E-state index contributed by atoms with van der Waals surface area (Å²) in [7, 11) is 0. The molecule has 148 valence electrons. The van der Waals surface area contributed by atoms with Gasteiger partial charge in [-0.25, -0.2) is 4.79 Å². The average Bonchev–Trinajstić information content (AvgIpc) is 2.92. The van der Waals surface area contributed by atoms with Crippen molar-refractivity contribution in [2.24, 2.45) is 17.8 Å². The van der Waals surface area contributed by atoms with Gasteiger partial charge in [-0.15, -0.1) is 0 Å². The van der Waals surface area contributed by atoms with E-state index in [1.54, 1.807) is 6.08 Å². The summed E-state index contributed by atoms with van der Waals surface area (Å²) < 4.78 is 0. The number of aliphatic carboxylic acids is 1. The Balaban J connectivity index is 2.42. The van der Waals surface area contributed by atoms with Crippen LogP contribution >= 0.6 is 0 Å². The number of rotatable bonds is 12. The minimum Gasteiger partial charge on any atom is -0.477 e. The molecule has 0 bridgehead atoms. The van der Waals surface area contributed by atoms with Crippen molar-refractivity contribution in [3.8, 4) is 0 Å². The Morgan fingerprint density at radius 1 is 1.31 bits per heavy atom. The first-order valence-corrected chi connectivity index (χ1v) is 9.80. The molecule has 0 radical (unpaired) electrons. The van der Waals surface area contributed by atoms with Gasteiger partial charge in [0.1, 0.15) is 5.78 Å². The van der Waals surface area contributed by atoms with E-state index in [-0.39, 0.29) is 30.5 Å². The van der Waals surface area contributed by atoms with E-state index >= 15 is 0 Å². The Hall–Kier alpha value is -1.46. The van der Waals surface area contributed by atoms with E-state index in [1.807, 2.05) is 6.08 Å². The molecule has 0 amide bonds. The van der Waals surface area contributed by atoms with Crippen molar-refractivity contribution in [2.75, 3.05) is 0 Å². The molecule has 0 spiro atoms. The summed E-state index contributed by atoms with van der Waals surface area (Å²) in [6.07, 6.45) is 14.9. The largest absolute Gasteiger partial charge is 0.477 e. The molecular weight excluding hydrogens is 332 g/mol. The molecule has 3 N–H and O–H groups in total. The fraction of sp³-hybridized carbons (Fsp3) is 0.714. The Bertz CT molecular complexity index is 507. The number of carboxylic acid groups (broad SMARTS) is 1. The van der Waals surface area contributed by atoms with Crippen molar-refractivity contribution in [2.45, 2.75) is 77.4 Å². The number of ketones is 1. The smallest absolute Gasteiger partial charge is 0.364 e. The fourth-order valence-corrected chi connectivity index (χ4v) is 3.38. The lowest BCUT2D eigenvalue weighted by Crippen LogP contribution is -2.37. The highest BCUT2D eigenvalue weighted by molar-refractivity contribution is 5.83. The molecule has 5 heteroatoms. The lowest BCUT2D eigenvalue weighted by atomic mass is 9.90. The molecule has 1 unspecified atom stereocenters. The van der Waals surface area contributed by atoms with Crippen LogP contribution < -0.4 is 0 Å². The van der Waals surface area contributed by atoms with E-state index in [1.165, 1.54) is 19.3 Å². The summed E-state index contributed by atoms with van der Waals surface area (Å²) >= 11 is 0. The second-order valence-corrected chi connectivity index (χ2v) is 7.55. The zero-order valence-corrected chi connectivity index (χ0v) is 16.1. The van der Waals surface area contributed by atoms with Crippen LogP contribution in [-0.4, -0.2) is 32.9 Å². The normalized spacial score (nSPS) is 22.5. The van der Waals surface area contributed by atoms with Crippen molar-refractivity contribution in [1.29, 1.82) is 0 Å². The number of carbonyl (C=O) groups excluding carboxylic acids is 1. The first kappa shape index (κ1) is 22.6. The third-order valence-electron chi connectivity index (χ3n) is 5.19. The predicted molar refractivity (Wildman–Crippen MR) is 101 cm³/mol. The first-order chi connectivity index (χ1) is 12.3. The van der Waals surface area contributed by atoms with Gasteiger partial charge in [-0.3, -0.25) is 4.79 Å². The van der Waals surface area contributed by atoms with Crippen LogP contribution in [-0.2, 0) is 9.59 Å². The molecule has 5 nitrogen and oxygen atoms in total. The van der Waals surface area contributed by atoms with Crippen molar-refractivity contribution in [3.05, 3.63) is 24.3 Å². The molecule has 0 saturated heterocycles. The molecule has 1 rings (SSSR count). The summed E-state index contributed by atoms with van der Waals surface area (Å²) in [5.74, 6) is -3.11. The third-order valence-corrected chi connectivity index (χ3v) is 5.19. The van der Waals surface area contributed by atoms with Crippen LogP contribution in [0.4, 0.5) is 0 Å². The molecule has 1 saturated carbocycles. The van der Waals surface area contributed by atoms with Gasteiger partial charge >= 0.3 is 5.97 Å². The second-order valence-electron chi connectivity index (χ2n) is 7.55. The molecule has 0 aromatic carbocycles. The lowest BCUT2D eigenvalue weighted by molar-refractivity contribution is -0.205. The molecule has 0 aromatic rings. The molecular formula is C21H34O5. The molecule has 1 aliphatic carbocycles. The highest BCUT2D eigenvalue weighted by Crippen LogP contribution is 2.33. The highest BCUT2D eigenvalue weighted by atomic mass is 16.5. The number of carbonyl (C=O) groups is 2. The lowest BCUT2D eigenvalue weighted by Gasteiger charge is -2.15. The van der Waals surface area contributed by atoms with Crippen LogP contribution in [0.25, 0.3) is 0 Å². The van der Waals surface area contributed by atoms with Gasteiger partial charge in [-0.2, -0.15) is 0 Å². The summed E-state index contributed by atoms with van der Waals surface area (Å²) in [6.45, 7) is 4.47. The monoisotopic (exact) mass is 366 g/mol. The van der Waals surface area contributed by atoms with Crippen LogP contribution in [0.15, 0.2) is 24.3 Å². The molecule has 0 aliphatic heterocycles. The van der Waals surface area contributed by atoms with Gasteiger partial charge in [0, 0.05) is 18.8 Å². The van der Waals surface area contributed by atoms with E-state index < -0.39 is 11.8 Å². The summed E-state index contributed by atoms with van der Waals surface area (Å²) in [4.78, 5) is 22.7. The summed E-state index contributed by atoms with van der Waals surface area (Å²) in [6, 6.07) is 0. The second kappa shape index (κ2) is 11.3. The van der Waals surface area contributed by atoms with E-state index in [0.717, 1.165) is 12.8 Å². The fourth-order valence-electron chi connectivity index (χ4n) is 3.38. The predicted octanol–water partition coefficient (Wildman–Crippen LogP) is 3.85. The average molecular weight is 366 g/mol. The van der Waals surface area contributed by atoms with Crippen LogP contribution in [0.2, 0.25) is 0 Å². The van der Waals surface area contributed by atoms with Crippen molar-refractivity contribution in [1.82, 2.24) is 0 Å². The standard InChI is InChI=1S/C21H34O5/c1-3-4-9-16(2)10-8-11-17-13-14-19(22)18(17)12-6-5-7-15-21(25,26)20(23)24/h5-6,8,11,16-18,25-26H,3-4,7,9-10,12-15H2,1-2H3,(H,23,24)/b6-5-,11-8+/t16?,17-,18+/m0/s1. The molecule has 0 heterocycles. The van der Waals surface area contributed by atoms with Crippen molar-refractivity contribution in [3.63, 3.8) is 0 Å². The van der Waals surface area contributed by atoms with Gasteiger partial charge in [0.2, 0.25) is 0 Å².